The Morgan fingerprint density at radius 1 is 1.33 bits per heavy atom. The number of hydrogen-bond donors (Lipinski definition) is 2. The Morgan fingerprint density at radius 2 is 1.94 bits per heavy atom. The van der Waals surface area contributed by atoms with Gasteiger partial charge in [0.05, 0.1) is 23.6 Å². The van der Waals surface area contributed by atoms with Crippen molar-refractivity contribution in [2.24, 2.45) is 0 Å². The second-order valence-corrected chi connectivity index (χ2v) is 4.95. The second-order valence-electron chi connectivity index (χ2n) is 4.57. The number of anilines is 2. The molecule has 0 bridgehead atoms. The molecular formula is C12H18ClFN2O2. The molecule has 0 fully saturated rings. The van der Waals surface area contributed by atoms with Crippen molar-refractivity contribution in [3.8, 4) is 5.75 Å². The van der Waals surface area contributed by atoms with E-state index in [0.29, 0.717) is 6.42 Å². The number of rotatable bonds is 5. The summed E-state index contributed by atoms with van der Waals surface area (Å²) in [6.45, 7) is 4.08. The molecule has 0 saturated carbocycles. The molecule has 0 amide bonds. The maximum absolute atomic E-state index is 13.8. The summed E-state index contributed by atoms with van der Waals surface area (Å²) < 4.78 is 24.3. The van der Waals surface area contributed by atoms with Gasteiger partial charge in [0.2, 0.25) is 0 Å². The summed E-state index contributed by atoms with van der Waals surface area (Å²) in [5, 5.41) is -0.176. The Hall–Kier alpha value is -1.20. The number of hydrogen-bond acceptors (Lipinski definition) is 4. The van der Waals surface area contributed by atoms with Gasteiger partial charge in [-0.2, -0.15) is 0 Å². The highest BCUT2D eigenvalue weighted by Gasteiger charge is 2.19. The van der Waals surface area contributed by atoms with E-state index in [-0.39, 0.29) is 34.4 Å². The minimum atomic E-state index is -0.732. The minimum absolute atomic E-state index is 0.0684. The van der Waals surface area contributed by atoms with E-state index in [9.17, 15) is 4.39 Å². The molecule has 102 valence electrons. The lowest BCUT2D eigenvalue weighted by Gasteiger charge is -2.23. The molecule has 1 aromatic carbocycles. The number of ether oxygens (including phenoxy) is 2. The van der Waals surface area contributed by atoms with Crippen LogP contribution in [0.15, 0.2) is 6.07 Å². The quantitative estimate of drug-likeness (QED) is 0.811. The molecule has 6 heteroatoms. The molecule has 0 aromatic heterocycles. The van der Waals surface area contributed by atoms with Crippen LogP contribution in [0.1, 0.15) is 20.3 Å². The van der Waals surface area contributed by atoms with Crippen LogP contribution in [0.2, 0.25) is 5.02 Å². The first-order valence-electron chi connectivity index (χ1n) is 5.49. The van der Waals surface area contributed by atoms with E-state index in [1.165, 1.54) is 6.07 Å². The van der Waals surface area contributed by atoms with Gasteiger partial charge in [-0.15, -0.1) is 0 Å². The molecule has 0 unspecified atom stereocenters. The van der Waals surface area contributed by atoms with Gasteiger partial charge in [-0.1, -0.05) is 11.6 Å². The van der Waals surface area contributed by atoms with E-state index in [2.05, 4.69) is 0 Å². The van der Waals surface area contributed by atoms with Crippen LogP contribution in [0.25, 0.3) is 0 Å². The van der Waals surface area contributed by atoms with E-state index >= 15 is 0 Å². The van der Waals surface area contributed by atoms with Crippen LogP contribution in [-0.2, 0) is 4.74 Å². The fourth-order valence-electron chi connectivity index (χ4n) is 1.30. The van der Waals surface area contributed by atoms with Gasteiger partial charge >= 0.3 is 0 Å². The Labute approximate surface area is 111 Å². The van der Waals surface area contributed by atoms with Crippen LogP contribution in [0, 0.1) is 5.82 Å². The molecule has 18 heavy (non-hydrogen) atoms. The van der Waals surface area contributed by atoms with Crippen molar-refractivity contribution in [2.75, 3.05) is 25.2 Å². The van der Waals surface area contributed by atoms with Crippen LogP contribution < -0.4 is 16.2 Å². The first kappa shape index (κ1) is 14.9. The minimum Gasteiger partial charge on any atom is -0.488 e. The smallest absolute Gasteiger partial charge is 0.187 e. The first-order chi connectivity index (χ1) is 8.28. The standard InChI is InChI=1S/C12H18ClFN2O2/c1-12(2,17-3)4-5-18-11-8(16)6-7(15)9(13)10(11)14/h6H,4-5,15-16H2,1-3H3. The van der Waals surface area contributed by atoms with Crippen LogP contribution in [0.3, 0.4) is 0 Å². The van der Waals surface area contributed by atoms with Crippen molar-refractivity contribution < 1.29 is 13.9 Å². The third kappa shape index (κ3) is 3.40. The highest BCUT2D eigenvalue weighted by atomic mass is 35.5. The zero-order valence-corrected chi connectivity index (χ0v) is 11.5. The molecule has 0 aliphatic heterocycles. The van der Waals surface area contributed by atoms with Gasteiger partial charge in [-0.25, -0.2) is 4.39 Å². The lowest BCUT2D eigenvalue weighted by Crippen LogP contribution is -2.25. The molecule has 0 spiro atoms. The molecule has 1 rings (SSSR count). The largest absolute Gasteiger partial charge is 0.488 e. The predicted molar refractivity (Wildman–Crippen MR) is 71.4 cm³/mol. The topological polar surface area (TPSA) is 70.5 Å². The average molecular weight is 277 g/mol. The Morgan fingerprint density at radius 3 is 2.50 bits per heavy atom. The van der Waals surface area contributed by atoms with E-state index in [4.69, 9.17) is 32.5 Å². The van der Waals surface area contributed by atoms with Crippen molar-refractivity contribution in [1.82, 2.24) is 0 Å². The maximum Gasteiger partial charge on any atom is 0.187 e. The molecule has 1 aromatic rings. The van der Waals surface area contributed by atoms with E-state index in [1.807, 2.05) is 13.8 Å². The summed E-state index contributed by atoms with van der Waals surface area (Å²) in [5.41, 5.74) is 11.0. The van der Waals surface area contributed by atoms with Gasteiger partial charge in [-0.3, -0.25) is 0 Å². The number of methoxy groups -OCH3 is 1. The van der Waals surface area contributed by atoms with Crippen molar-refractivity contribution in [1.29, 1.82) is 0 Å². The monoisotopic (exact) mass is 276 g/mol. The Balaban J connectivity index is 2.77. The van der Waals surface area contributed by atoms with Crippen molar-refractivity contribution in [3.05, 3.63) is 16.9 Å². The molecule has 0 atom stereocenters. The first-order valence-corrected chi connectivity index (χ1v) is 5.87. The summed E-state index contributed by atoms with van der Waals surface area (Å²) in [7, 11) is 1.61. The number of nitrogens with two attached hydrogens (primary N) is 2. The third-order valence-corrected chi connectivity index (χ3v) is 3.11. The maximum atomic E-state index is 13.8. The molecule has 0 heterocycles. The average Bonchev–Trinajstić information content (AvgIpc) is 2.31. The SMILES string of the molecule is COC(C)(C)CCOc1c(N)cc(N)c(Cl)c1F. The Bertz CT molecular complexity index is 439. The molecular weight excluding hydrogens is 259 g/mol. The third-order valence-electron chi connectivity index (χ3n) is 2.72. The van der Waals surface area contributed by atoms with Crippen LogP contribution in [0.4, 0.5) is 15.8 Å². The van der Waals surface area contributed by atoms with Crippen molar-refractivity contribution in [2.45, 2.75) is 25.9 Å². The van der Waals surface area contributed by atoms with Gasteiger partial charge < -0.3 is 20.9 Å². The molecule has 0 radical (unpaired) electrons. The number of benzene rings is 1. The fourth-order valence-corrected chi connectivity index (χ4v) is 1.44. The number of nitrogen functional groups attached to an aromatic ring is 2. The highest BCUT2D eigenvalue weighted by molar-refractivity contribution is 6.33. The van der Waals surface area contributed by atoms with Crippen LogP contribution in [-0.4, -0.2) is 19.3 Å². The summed E-state index contributed by atoms with van der Waals surface area (Å²) in [4.78, 5) is 0. The normalized spacial score (nSPS) is 11.6. The summed E-state index contributed by atoms with van der Waals surface area (Å²) in [6.07, 6.45) is 0.588. The highest BCUT2D eigenvalue weighted by Crippen LogP contribution is 2.35. The van der Waals surface area contributed by atoms with Gasteiger partial charge in [0, 0.05) is 13.5 Å². The predicted octanol–water partition coefficient (Wildman–Crippen LogP) is 2.84. The zero-order valence-electron chi connectivity index (χ0n) is 10.7. The van der Waals surface area contributed by atoms with Gasteiger partial charge in [-0.05, 0) is 19.9 Å². The van der Waals surface area contributed by atoms with Crippen LogP contribution in [0.5, 0.6) is 5.75 Å². The lowest BCUT2D eigenvalue weighted by atomic mass is 10.1. The second kappa shape index (κ2) is 5.63. The van der Waals surface area contributed by atoms with Crippen molar-refractivity contribution in [3.63, 3.8) is 0 Å². The van der Waals surface area contributed by atoms with E-state index in [1.54, 1.807) is 7.11 Å². The van der Waals surface area contributed by atoms with Gasteiger partial charge in [0.15, 0.2) is 11.6 Å². The number of halogens is 2. The Kier molecular flexibility index (Phi) is 4.65. The van der Waals surface area contributed by atoms with Gasteiger partial charge in [0.1, 0.15) is 5.02 Å². The zero-order chi connectivity index (χ0) is 13.9. The lowest BCUT2D eigenvalue weighted by molar-refractivity contribution is 0.00520. The molecule has 0 saturated heterocycles. The van der Waals surface area contributed by atoms with Crippen molar-refractivity contribution >= 4 is 23.0 Å². The summed E-state index contributed by atoms with van der Waals surface area (Å²) in [6, 6.07) is 1.38. The summed E-state index contributed by atoms with van der Waals surface area (Å²) >= 11 is 5.69. The molecule has 0 aliphatic carbocycles. The molecule has 4 N–H and O–H groups in total. The van der Waals surface area contributed by atoms with Gasteiger partial charge in [0.25, 0.3) is 0 Å². The molecule has 0 aliphatic rings. The molecule has 4 nitrogen and oxygen atoms in total. The fraction of sp³-hybridized carbons (Fsp3) is 0.500. The van der Waals surface area contributed by atoms with E-state index < -0.39 is 5.82 Å². The van der Waals surface area contributed by atoms with E-state index in [0.717, 1.165) is 0 Å². The van der Waals surface area contributed by atoms with Crippen LogP contribution >= 0.6 is 11.6 Å². The summed E-state index contributed by atoms with van der Waals surface area (Å²) in [5.74, 6) is -0.800.